The van der Waals surface area contributed by atoms with Crippen molar-refractivity contribution in [3.05, 3.63) is 77.7 Å². The highest BCUT2D eigenvalue weighted by atomic mass is 19.1. The maximum atomic E-state index is 12.9. The summed E-state index contributed by atoms with van der Waals surface area (Å²) in [5, 5.41) is 13.7. The van der Waals surface area contributed by atoms with Crippen molar-refractivity contribution in [1.29, 1.82) is 0 Å². The van der Waals surface area contributed by atoms with Crippen LogP contribution >= 0.6 is 0 Å². The number of amides is 1. The number of benzene rings is 2. The van der Waals surface area contributed by atoms with Gasteiger partial charge in [0, 0.05) is 17.8 Å². The van der Waals surface area contributed by atoms with Crippen LogP contribution < -0.4 is 15.4 Å². The fourth-order valence-electron chi connectivity index (χ4n) is 2.31. The van der Waals surface area contributed by atoms with Gasteiger partial charge in [-0.05, 0) is 42.5 Å². The molecule has 0 saturated carbocycles. The number of anilines is 2. The van der Waals surface area contributed by atoms with E-state index in [-0.39, 0.29) is 11.5 Å². The summed E-state index contributed by atoms with van der Waals surface area (Å²) in [7, 11) is 1.62. The lowest BCUT2D eigenvalue weighted by Crippen LogP contribution is -2.15. The largest absolute Gasteiger partial charge is 0.496 e. The molecule has 0 bridgehead atoms. The van der Waals surface area contributed by atoms with Gasteiger partial charge >= 0.3 is 0 Å². The van der Waals surface area contributed by atoms with Gasteiger partial charge in [-0.25, -0.2) is 4.39 Å². The SMILES string of the molecule is COc1ccccc1CNc1ccc(C(=O)Nc2ccc(F)cc2)nn1. The highest BCUT2D eigenvalue weighted by molar-refractivity contribution is 6.02. The highest BCUT2D eigenvalue weighted by Gasteiger charge is 2.09. The predicted octanol–water partition coefficient (Wildman–Crippen LogP) is 3.49. The number of ether oxygens (including phenoxy) is 1. The van der Waals surface area contributed by atoms with Gasteiger partial charge in [-0.1, -0.05) is 18.2 Å². The van der Waals surface area contributed by atoms with E-state index in [9.17, 15) is 9.18 Å². The van der Waals surface area contributed by atoms with Gasteiger partial charge in [0.15, 0.2) is 5.69 Å². The summed E-state index contributed by atoms with van der Waals surface area (Å²) < 4.78 is 18.2. The van der Waals surface area contributed by atoms with Crippen LogP contribution in [0.25, 0.3) is 0 Å². The molecule has 0 saturated heterocycles. The summed E-state index contributed by atoms with van der Waals surface area (Å²) >= 11 is 0. The molecule has 1 amide bonds. The number of hydrogen-bond acceptors (Lipinski definition) is 5. The van der Waals surface area contributed by atoms with Crippen LogP contribution in [0, 0.1) is 5.82 Å². The van der Waals surface area contributed by atoms with Crippen molar-refractivity contribution in [2.75, 3.05) is 17.7 Å². The van der Waals surface area contributed by atoms with Crippen molar-refractivity contribution in [3.63, 3.8) is 0 Å². The lowest BCUT2D eigenvalue weighted by molar-refractivity contribution is 0.102. The lowest BCUT2D eigenvalue weighted by Gasteiger charge is -2.09. The monoisotopic (exact) mass is 352 g/mol. The second-order valence-corrected chi connectivity index (χ2v) is 5.43. The van der Waals surface area contributed by atoms with E-state index in [4.69, 9.17) is 4.74 Å². The zero-order chi connectivity index (χ0) is 18.4. The molecule has 0 atom stereocenters. The number of nitrogens with one attached hydrogen (secondary N) is 2. The van der Waals surface area contributed by atoms with Gasteiger partial charge < -0.3 is 15.4 Å². The Balaban J connectivity index is 1.61. The van der Waals surface area contributed by atoms with E-state index in [1.807, 2.05) is 24.3 Å². The smallest absolute Gasteiger partial charge is 0.276 e. The fourth-order valence-corrected chi connectivity index (χ4v) is 2.31. The second-order valence-electron chi connectivity index (χ2n) is 5.43. The minimum atomic E-state index is -0.416. The normalized spacial score (nSPS) is 10.2. The summed E-state index contributed by atoms with van der Waals surface area (Å²) in [5.41, 5.74) is 1.63. The molecule has 0 aliphatic rings. The van der Waals surface area contributed by atoms with Crippen LogP contribution in [0.3, 0.4) is 0 Å². The van der Waals surface area contributed by atoms with Gasteiger partial charge in [0.1, 0.15) is 17.4 Å². The van der Waals surface area contributed by atoms with Crippen molar-refractivity contribution in [2.24, 2.45) is 0 Å². The van der Waals surface area contributed by atoms with Crippen LogP contribution in [0.15, 0.2) is 60.7 Å². The predicted molar refractivity (Wildman–Crippen MR) is 96.7 cm³/mol. The summed E-state index contributed by atoms with van der Waals surface area (Å²) in [5.74, 6) is 0.533. The van der Waals surface area contributed by atoms with Crippen molar-refractivity contribution in [2.45, 2.75) is 6.54 Å². The quantitative estimate of drug-likeness (QED) is 0.710. The number of aromatic nitrogens is 2. The number of para-hydroxylation sites is 1. The van der Waals surface area contributed by atoms with E-state index < -0.39 is 5.91 Å². The molecule has 132 valence electrons. The van der Waals surface area contributed by atoms with Crippen LogP contribution in [0.4, 0.5) is 15.9 Å². The topological polar surface area (TPSA) is 76.1 Å². The summed E-state index contributed by atoms with van der Waals surface area (Å²) in [6.07, 6.45) is 0. The van der Waals surface area contributed by atoms with E-state index in [0.29, 0.717) is 18.1 Å². The molecule has 1 aromatic heterocycles. The van der Waals surface area contributed by atoms with Crippen LogP contribution in [0.1, 0.15) is 16.1 Å². The average molecular weight is 352 g/mol. The molecule has 0 spiro atoms. The number of carbonyl (C=O) groups is 1. The van der Waals surface area contributed by atoms with Crippen molar-refractivity contribution < 1.29 is 13.9 Å². The Morgan fingerprint density at radius 3 is 2.50 bits per heavy atom. The van der Waals surface area contributed by atoms with Gasteiger partial charge in [-0.15, -0.1) is 10.2 Å². The molecule has 0 radical (unpaired) electrons. The van der Waals surface area contributed by atoms with Gasteiger partial charge in [0.2, 0.25) is 0 Å². The van der Waals surface area contributed by atoms with Gasteiger partial charge in [0.25, 0.3) is 5.91 Å². The first-order valence-electron chi connectivity index (χ1n) is 7.92. The van der Waals surface area contributed by atoms with Crippen molar-refractivity contribution in [1.82, 2.24) is 10.2 Å². The maximum absolute atomic E-state index is 12.9. The van der Waals surface area contributed by atoms with E-state index in [0.717, 1.165) is 11.3 Å². The first-order valence-corrected chi connectivity index (χ1v) is 7.92. The van der Waals surface area contributed by atoms with Crippen LogP contribution in [-0.4, -0.2) is 23.2 Å². The number of nitrogens with zero attached hydrogens (tertiary/aromatic N) is 2. The zero-order valence-corrected chi connectivity index (χ0v) is 14.1. The number of rotatable bonds is 6. The third-order valence-electron chi connectivity index (χ3n) is 3.65. The Hall–Kier alpha value is -3.48. The molecular formula is C19H17FN4O2. The zero-order valence-electron chi connectivity index (χ0n) is 14.1. The van der Waals surface area contributed by atoms with Gasteiger partial charge in [-0.3, -0.25) is 4.79 Å². The molecule has 7 heteroatoms. The van der Waals surface area contributed by atoms with Crippen molar-refractivity contribution >= 4 is 17.4 Å². The summed E-state index contributed by atoms with van der Waals surface area (Å²) in [6.45, 7) is 0.514. The van der Waals surface area contributed by atoms with E-state index in [1.54, 1.807) is 19.2 Å². The average Bonchev–Trinajstić information content (AvgIpc) is 2.68. The van der Waals surface area contributed by atoms with E-state index in [2.05, 4.69) is 20.8 Å². The number of halogens is 1. The molecule has 6 nitrogen and oxygen atoms in total. The standard InChI is InChI=1S/C19H17FN4O2/c1-26-17-5-3-2-4-13(17)12-21-18-11-10-16(23-24-18)19(25)22-15-8-6-14(20)7-9-15/h2-11H,12H2,1H3,(H,21,24)(H,22,25). The van der Waals surface area contributed by atoms with Gasteiger partial charge in [0.05, 0.1) is 7.11 Å². The van der Waals surface area contributed by atoms with Crippen molar-refractivity contribution in [3.8, 4) is 5.75 Å². The maximum Gasteiger partial charge on any atom is 0.276 e. The summed E-state index contributed by atoms with van der Waals surface area (Å²) in [4.78, 5) is 12.1. The third-order valence-corrected chi connectivity index (χ3v) is 3.65. The summed E-state index contributed by atoms with van der Waals surface area (Å²) in [6, 6.07) is 16.4. The van der Waals surface area contributed by atoms with Crippen LogP contribution in [0.2, 0.25) is 0 Å². The Morgan fingerprint density at radius 1 is 1.04 bits per heavy atom. The third kappa shape index (κ3) is 4.32. The minimum Gasteiger partial charge on any atom is -0.496 e. The minimum absolute atomic E-state index is 0.164. The molecule has 3 aromatic rings. The molecule has 2 N–H and O–H groups in total. The Kier molecular flexibility index (Phi) is 5.38. The van der Waals surface area contributed by atoms with E-state index in [1.165, 1.54) is 24.3 Å². The Bertz CT molecular complexity index is 883. The molecule has 2 aromatic carbocycles. The van der Waals surface area contributed by atoms with Crippen LogP contribution in [-0.2, 0) is 6.54 Å². The molecule has 0 fully saturated rings. The first-order chi connectivity index (χ1) is 12.7. The molecule has 0 aliphatic heterocycles. The highest BCUT2D eigenvalue weighted by Crippen LogP contribution is 2.18. The second kappa shape index (κ2) is 8.06. The lowest BCUT2D eigenvalue weighted by atomic mass is 10.2. The number of methoxy groups -OCH3 is 1. The molecule has 0 aliphatic carbocycles. The number of carbonyl (C=O) groups excluding carboxylic acids is 1. The van der Waals surface area contributed by atoms with E-state index >= 15 is 0 Å². The van der Waals surface area contributed by atoms with Crippen LogP contribution in [0.5, 0.6) is 5.75 Å². The Morgan fingerprint density at radius 2 is 1.81 bits per heavy atom. The molecule has 3 rings (SSSR count). The molecule has 26 heavy (non-hydrogen) atoms. The Labute approximate surface area is 150 Å². The first kappa shape index (κ1) is 17.3. The molecule has 1 heterocycles. The van der Waals surface area contributed by atoms with Gasteiger partial charge in [-0.2, -0.15) is 0 Å². The molecular weight excluding hydrogens is 335 g/mol. The fraction of sp³-hybridized carbons (Fsp3) is 0.105. The number of hydrogen-bond donors (Lipinski definition) is 2. The molecule has 0 unspecified atom stereocenters.